The molecule has 2 aliphatic carbocycles. The first-order chi connectivity index (χ1) is 18.5. The molecule has 2 saturated carbocycles. The fraction of sp³-hybridized carbons (Fsp3) is 0.321. The van der Waals surface area contributed by atoms with Crippen LogP contribution in [0.2, 0.25) is 0 Å². The molecule has 6 N–H and O–H groups in total. The Bertz CT molecular complexity index is 1230. The summed E-state index contributed by atoms with van der Waals surface area (Å²) < 4.78 is 10.9. The lowest BCUT2D eigenvalue weighted by Gasteiger charge is -2.38. The van der Waals surface area contributed by atoms with Gasteiger partial charge in [-0.3, -0.25) is 4.79 Å². The van der Waals surface area contributed by atoms with E-state index in [1.54, 1.807) is 0 Å². The Kier molecular flexibility index (Phi) is 8.10. The van der Waals surface area contributed by atoms with E-state index in [1.165, 1.54) is 48.6 Å². The average molecular weight is 540 g/mol. The van der Waals surface area contributed by atoms with E-state index >= 15 is 0 Å². The summed E-state index contributed by atoms with van der Waals surface area (Å²) in [5, 5.41) is 51.9. The predicted octanol–water partition coefficient (Wildman–Crippen LogP) is 2.25. The van der Waals surface area contributed by atoms with Crippen LogP contribution in [0.15, 0.2) is 48.6 Å². The minimum Gasteiger partial charge on any atom is -0.504 e. The molecule has 1 amide bonds. The summed E-state index contributed by atoms with van der Waals surface area (Å²) in [7, 11) is 0. The van der Waals surface area contributed by atoms with Crippen LogP contribution in [-0.4, -0.2) is 67.2 Å². The van der Waals surface area contributed by atoms with Crippen molar-refractivity contribution in [3.8, 4) is 23.0 Å². The molecule has 0 aromatic heterocycles. The Labute approximate surface area is 223 Å². The zero-order valence-electron chi connectivity index (χ0n) is 20.8. The van der Waals surface area contributed by atoms with E-state index in [-0.39, 0.29) is 48.3 Å². The van der Waals surface area contributed by atoms with Gasteiger partial charge in [0.1, 0.15) is 17.8 Å². The third-order valence-electron chi connectivity index (χ3n) is 6.38. The summed E-state index contributed by atoms with van der Waals surface area (Å²) in [6.45, 7) is 0. The molecular formula is C28H29NO10. The van der Waals surface area contributed by atoms with E-state index in [4.69, 9.17) is 9.47 Å². The molecule has 0 unspecified atom stereocenters. The molecule has 2 fully saturated rings. The number of rotatable bonds is 8. The summed E-state index contributed by atoms with van der Waals surface area (Å²) in [5.41, 5.74) is -1.09. The zero-order valence-corrected chi connectivity index (χ0v) is 20.8. The quantitative estimate of drug-likeness (QED) is 0.165. The predicted molar refractivity (Wildman–Crippen MR) is 137 cm³/mol. The monoisotopic (exact) mass is 539 g/mol. The van der Waals surface area contributed by atoms with Crippen LogP contribution < -0.4 is 5.32 Å². The number of nitrogens with one attached hydrogen (secondary N) is 1. The standard InChI is InChI=1S/C28H29NO10/c30-21-7-1-16(11-23(21)32)3-9-25(34)38-19-13-20(15-28(37,14-19)27(36)29-18-5-6-18)39-26(35)10-4-17-2-8-22(31)24(33)12-17/h1-4,7-12,18-20,30-33,37H,5-6,13-15H2,(H,29,36)/b9-3+,10-4+/t19-,20-/m0/s1. The third kappa shape index (κ3) is 7.51. The number of amides is 1. The Morgan fingerprint density at radius 3 is 1.64 bits per heavy atom. The molecule has 0 bridgehead atoms. The fourth-order valence-corrected chi connectivity index (χ4v) is 4.23. The van der Waals surface area contributed by atoms with Gasteiger partial charge < -0.3 is 40.3 Å². The Hall–Kier alpha value is -4.51. The molecule has 11 heteroatoms. The molecule has 0 spiro atoms. The van der Waals surface area contributed by atoms with Crippen LogP contribution in [0.4, 0.5) is 0 Å². The fourth-order valence-electron chi connectivity index (χ4n) is 4.23. The van der Waals surface area contributed by atoms with Crippen LogP contribution in [0.25, 0.3) is 12.2 Å². The van der Waals surface area contributed by atoms with Crippen LogP contribution in [0.5, 0.6) is 23.0 Å². The second-order valence-electron chi connectivity index (χ2n) is 9.70. The molecule has 0 radical (unpaired) electrons. The molecule has 206 valence electrons. The van der Waals surface area contributed by atoms with Gasteiger partial charge in [0.05, 0.1) is 0 Å². The van der Waals surface area contributed by atoms with Crippen molar-refractivity contribution in [1.82, 2.24) is 5.32 Å². The molecule has 39 heavy (non-hydrogen) atoms. The summed E-state index contributed by atoms with van der Waals surface area (Å²) >= 11 is 0. The van der Waals surface area contributed by atoms with Crippen molar-refractivity contribution in [3.63, 3.8) is 0 Å². The van der Waals surface area contributed by atoms with E-state index in [1.807, 2.05) is 0 Å². The molecule has 0 saturated heterocycles. The first-order valence-electron chi connectivity index (χ1n) is 12.4. The number of benzene rings is 2. The molecular weight excluding hydrogens is 510 g/mol. The third-order valence-corrected chi connectivity index (χ3v) is 6.38. The van der Waals surface area contributed by atoms with E-state index in [0.717, 1.165) is 25.0 Å². The van der Waals surface area contributed by atoms with Gasteiger partial charge in [0.2, 0.25) is 0 Å². The number of carbonyl (C=O) groups is 3. The summed E-state index contributed by atoms with van der Waals surface area (Å²) in [6.07, 6.45) is 4.27. The van der Waals surface area contributed by atoms with Gasteiger partial charge in [-0.05, 0) is 60.4 Å². The Morgan fingerprint density at radius 1 is 0.769 bits per heavy atom. The topological polar surface area (TPSA) is 183 Å². The highest BCUT2D eigenvalue weighted by Crippen LogP contribution is 2.34. The molecule has 2 aromatic rings. The van der Waals surface area contributed by atoms with E-state index < -0.39 is 35.7 Å². The second kappa shape index (κ2) is 11.5. The number of aromatic hydroxyl groups is 4. The van der Waals surface area contributed by atoms with Crippen LogP contribution in [0, 0.1) is 0 Å². The normalized spacial score (nSPS) is 23.0. The minimum atomic E-state index is -1.93. The lowest BCUT2D eigenvalue weighted by molar-refractivity contribution is -0.173. The number of phenols is 4. The summed E-state index contributed by atoms with van der Waals surface area (Å²) in [6, 6.07) is 7.95. The van der Waals surface area contributed by atoms with Crippen molar-refractivity contribution in [1.29, 1.82) is 0 Å². The first kappa shape index (κ1) is 27.5. The molecule has 11 nitrogen and oxygen atoms in total. The van der Waals surface area contributed by atoms with Crippen molar-refractivity contribution in [2.75, 3.05) is 0 Å². The van der Waals surface area contributed by atoms with E-state index in [2.05, 4.69) is 5.32 Å². The van der Waals surface area contributed by atoms with Gasteiger partial charge in [-0.15, -0.1) is 0 Å². The van der Waals surface area contributed by atoms with Crippen LogP contribution in [-0.2, 0) is 23.9 Å². The summed E-state index contributed by atoms with van der Waals surface area (Å²) in [5.74, 6) is -3.52. The second-order valence-corrected chi connectivity index (χ2v) is 9.70. The van der Waals surface area contributed by atoms with Crippen molar-refractivity contribution < 1.29 is 49.4 Å². The SMILES string of the molecule is O=C(/C=C/c1ccc(O)c(O)c1)O[C@H]1C[C@H](OC(=O)/C=C/c2ccc(O)c(O)c2)CC(O)(C(=O)NC2CC2)C1. The number of phenolic OH excluding ortho intramolecular Hbond substituents is 4. The molecule has 0 aliphatic heterocycles. The minimum absolute atomic E-state index is 0.0280. The van der Waals surface area contributed by atoms with Gasteiger partial charge in [0, 0.05) is 37.5 Å². The van der Waals surface area contributed by atoms with Crippen LogP contribution in [0.1, 0.15) is 43.2 Å². The number of aliphatic hydroxyl groups is 1. The number of hydrogen-bond donors (Lipinski definition) is 6. The molecule has 0 heterocycles. The van der Waals surface area contributed by atoms with Gasteiger partial charge in [-0.2, -0.15) is 0 Å². The molecule has 2 aliphatic rings. The maximum atomic E-state index is 12.8. The van der Waals surface area contributed by atoms with E-state index in [0.29, 0.717) is 11.1 Å². The van der Waals surface area contributed by atoms with Crippen molar-refractivity contribution >= 4 is 30.0 Å². The maximum absolute atomic E-state index is 12.8. The first-order valence-corrected chi connectivity index (χ1v) is 12.4. The maximum Gasteiger partial charge on any atom is 0.331 e. The van der Waals surface area contributed by atoms with Gasteiger partial charge in [0.15, 0.2) is 23.0 Å². The number of hydrogen-bond acceptors (Lipinski definition) is 10. The van der Waals surface area contributed by atoms with Gasteiger partial charge in [-0.1, -0.05) is 12.1 Å². The van der Waals surface area contributed by atoms with Crippen LogP contribution >= 0.6 is 0 Å². The van der Waals surface area contributed by atoms with Gasteiger partial charge in [-0.25, -0.2) is 9.59 Å². The zero-order chi connectivity index (χ0) is 28.2. The lowest BCUT2D eigenvalue weighted by Crippen LogP contribution is -2.55. The number of esters is 2. The van der Waals surface area contributed by atoms with Gasteiger partial charge >= 0.3 is 11.9 Å². The highest BCUT2D eigenvalue weighted by Gasteiger charge is 2.48. The lowest BCUT2D eigenvalue weighted by atomic mass is 9.80. The Balaban J connectivity index is 1.43. The van der Waals surface area contributed by atoms with E-state index in [9.17, 15) is 39.9 Å². The average Bonchev–Trinajstić information content (AvgIpc) is 3.69. The van der Waals surface area contributed by atoms with Crippen molar-refractivity contribution in [3.05, 3.63) is 59.7 Å². The smallest absolute Gasteiger partial charge is 0.331 e. The van der Waals surface area contributed by atoms with Crippen molar-refractivity contribution in [2.24, 2.45) is 0 Å². The molecule has 2 atom stereocenters. The highest BCUT2D eigenvalue weighted by atomic mass is 16.6. The van der Waals surface area contributed by atoms with Gasteiger partial charge in [0.25, 0.3) is 5.91 Å². The molecule has 2 aromatic carbocycles. The highest BCUT2D eigenvalue weighted by molar-refractivity contribution is 5.89. The number of ether oxygens (including phenoxy) is 2. The summed E-state index contributed by atoms with van der Waals surface area (Å²) in [4.78, 5) is 37.8. The largest absolute Gasteiger partial charge is 0.504 e. The Morgan fingerprint density at radius 2 is 1.23 bits per heavy atom. The van der Waals surface area contributed by atoms with Crippen molar-refractivity contribution in [2.45, 2.75) is 56.0 Å². The number of carbonyl (C=O) groups excluding carboxylic acids is 3. The molecule has 4 rings (SSSR count). The van der Waals surface area contributed by atoms with Crippen LogP contribution in [0.3, 0.4) is 0 Å².